The van der Waals surface area contributed by atoms with Crippen LogP contribution in [0.4, 0.5) is 0 Å². The maximum atomic E-state index is 11.3. The molecule has 3 nitrogen and oxygen atoms in total. The Labute approximate surface area is 105 Å². The molecule has 0 saturated heterocycles. The van der Waals surface area contributed by atoms with Gasteiger partial charge in [0.05, 0.1) is 6.61 Å². The van der Waals surface area contributed by atoms with Crippen molar-refractivity contribution in [3.05, 3.63) is 29.8 Å². The van der Waals surface area contributed by atoms with E-state index in [2.05, 4.69) is 11.4 Å². The lowest BCUT2D eigenvalue weighted by molar-refractivity contribution is 0.253. The van der Waals surface area contributed by atoms with E-state index in [1.165, 1.54) is 5.56 Å². The van der Waals surface area contributed by atoms with E-state index in [0.717, 1.165) is 25.3 Å². The van der Waals surface area contributed by atoms with Crippen molar-refractivity contribution in [2.75, 3.05) is 19.4 Å². The average molecular weight is 253 g/mol. The van der Waals surface area contributed by atoms with Crippen molar-refractivity contribution >= 4 is 10.8 Å². The van der Waals surface area contributed by atoms with Gasteiger partial charge in [0.1, 0.15) is 5.75 Å². The molecular formula is C13H19NO2S. The van der Waals surface area contributed by atoms with Crippen LogP contribution < -0.4 is 10.1 Å². The Bertz CT molecular complexity index is 408. The zero-order chi connectivity index (χ0) is 12.3. The zero-order valence-electron chi connectivity index (χ0n) is 10.3. The first-order valence-electron chi connectivity index (χ1n) is 5.96. The molecule has 2 rings (SSSR count). The predicted octanol–water partition coefficient (Wildman–Crippen LogP) is 1.87. The maximum Gasteiger partial charge on any atom is 0.124 e. The fraction of sp³-hybridized carbons (Fsp3) is 0.538. The standard InChI is InChI=1S/C13H19NO2S/c1-10(17(2)15)9-14-12-7-8-16-13-6-4-3-5-11(12)13/h3-6,10,12,14H,7-9H2,1-2H3. The van der Waals surface area contributed by atoms with E-state index >= 15 is 0 Å². The fourth-order valence-corrected chi connectivity index (χ4v) is 2.31. The minimum atomic E-state index is -0.766. The van der Waals surface area contributed by atoms with Gasteiger partial charge in [-0.15, -0.1) is 0 Å². The summed E-state index contributed by atoms with van der Waals surface area (Å²) in [6.45, 7) is 3.54. The molecule has 1 N–H and O–H groups in total. The number of hydrogen-bond acceptors (Lipinski definition) is 3. The highest BCUT2D eigenvalue weighted by molar-refractivity contribution is 7.84. The van der Waals surface area contributed by atoms with Gasteiger partial charge in [-0.25, -0.2) is 0 Å². The fourth-order valence-electron chi connectivity index (χ4n) is 1.98. The van der Waals surface area contributed by atoms with Crippen molar-refractivity contribution in [1.29, 1.82) is 0 Å². The molecule has 0 aliphatic carbocycles. The number of benzene rings is 1. The highest BCUT2D eigenvalue weighted by atomic mass is 32.2. The molecule has 3 unspecified atom stereocenters. The van der Waals surface area contributed by atoms with Gasteiger partial charge in [0.15, 0.2) is 0 Å². The molecule has 0 radical (unpaired) electrons. The number of fused-ring (bicyclic) bond motifs is 1. The van der Waals surface area contributed by atoms with Gasteiger partial charge >= 0.3 is 0 Å². The third kappa shape index (κ3) is 3.07. The van der Waals surface area contributed by atoms with E-state index in [1.54, 1.807) is 6.26 Å². The first-order valence-corrected chi connectivity index (χ1v) is 7.58. The topological polar surface area (TPSA) is 38.3 Å². The predicted molar refractivity (Wildman–Crippen MR) is 70.8 cm³/mol. The van der Waals surface area contributed by atoms with Gasteiger partial charge in [-0.2, -0.15) is 0 Å². The van der Waals surface area contributed by atoms with Crippen LogP contribution in [-0.2, 0) is 10.8 Å². The normalized spacial score (nSPS) is 22.4. The minimum absolute atomic E-state index is 0.185. The van der Waals surface area contributed by atoms with E-state index in [0.29, 0.717) is 6.04 Å². The summed E-state index contributed by atoms with van der Waals surface area (Å²) in [7, 11) is -0.766. The van der Waals surface area contributed by atoms with Crippen LogP contribution in [0.1, 0.15) is 24.9 Å². The summed E-state index contributed by atoms with van der Waals surface area (Å²) in [6, 6.07) is 8.45. The van der Waals surface area contributed by atoms with E-state index in [9.17, 15) is 4.21 Å². The van der Waals surface area contributed by atoms with Gasteiger partial charge < -0.3 is 10.1 Å². The minimum Gasteiger partial charge on any atom is -0.493 e. The summed E-state index contributed by atoms with van der Waals surface area (Å²) >= 11 is 0. The molecule has 1 aromatic rings. The molecule has 0 fully saturated rings. The first-order chi connectivity index (χ1) is 8.18. The van der Waals surface area contributed by atoms with E-state index in [-0.39, 0.29) is 5.25 Å². The van der Waals surface area contributed by atoms with Crippen LogP contribution >= 0.6 is 0 Å². The van der Waals surface area contributed by atoms with Crippen LogP contribution in [0.3, 0.4) is 0 Å². The quantitative estimate of drug-likeness (QED) is 0.890. The van der Waals surface area contributed by atoms with Gasteiger partial charge in [-0.1, -0.05) is 18.2 Å². The molecule has 17 heavy (non-hydrogen) atoms. The smallest absolute Gasteiger partial charge is 0.124 e. The van der Waals surface area contributed by atoms with Crippen LogP contribution in [0.15, 0.2) is 24.3 Å². The van der Waals surface area contributed by atoms with Gasteiger partial charge in [0, 0.05) is 46.9 Å². The lowest BCUT2D eigenvalue weighted by Gasteiger charge is -2.27. The van der Waals surface area contributed by atoms with Crippen molar-refractivity contribution < 1.29 is 8.95 Å². The Kier molecular flexibility index (Phi) is 4.18. The maximum absolute atomic E-state index is 11.3. The molecule has 0 bridgehead atoms. The second-order valence-electron chi connectivity index (χ2n) is 4.45. The summed E-state index contributed by atoms with van der Waals surface area (Å²) < 4.78 is 16.9. The first kappa shape index (κ1) is 12.6. The third-order valence-electron chi connectivity index (χ3n) is 3.18. The number of nitrogens with one attached hydrogen (secondary N) is 1. The van der Waals surface area contributed by atoms with Crippen LogP contribution in [0, 0.1) is 0 Å². The van der Waals surface area contributed by atoms with Crippen LogP contribution in [0.2, 0.25) is 0 Å². The Hall–Kier alpha value is -0.870. The van der Waals surface area contributed by atoms with E-state index in [4.69, 9.17) is 4.74 Å². The number of rotatable bonds is 4. The summed E-state index contributed by atoms with van der Waals surface area (Å²) in [6.07, 6.45) is 2.73. The van der Waals surface area contributed by atoms with Crippen LogP contribution in [0.25, 0.3) is 0 Å². The molecule has 0 saturated carbocycles. The molecular weight excluding hydrogens is 234 g/mol. The molecule has 0 amide bonds. The SMILES string of the molecule is CC(CNC1CCOc2ccccc21)S(C)=O. The lowest BCUT2D eigenvalue weighted by atomic mass is 10.0. The Morgan fingerprint density at radius 3 is 3.06 bits per heavy atom. The second-order valence-corrected chi connectivity index (χ2v) is 6.25. The van der Waals surface area contributed by atoms with Crippen LogP contribution in [0.5, 0.6) is 5.75 Å². The van der Waals surface area contributed by atoms with Crippen molar-refractivity contribution in [3.63, 3.8) is 0 Å². The third-order valence-corrected chi connectivity index (χ3v) is 4.48. The van der Waals surface area contributed by atoms with Gasteiger partial charge in [-0.05, 0) is 13.0 Å². The Balaban J connectivity index is 2.01. The zero-order valence-corrected chi connectivity index (χ0v) is 11.1. The molecule has 0 aromatic heterocycles. The number of hydrogen-bond donors (Lipinski definition) is 1. The summed E-state index contributed by atoms with van der Waals surface area (Å²) in [5.41, 5.74) is 1.22. The molecule has 1 aliphatic heterocycles. The summed E-state index contributed by atoms with van der Waals surface area (Å²) in [5.74, 6) is 0.974. The molecule has 4 heteroatoms. The average Bonchev–Trinajstić information content (AvgIpc) is 2.35. The summed E-state index contributed by atoms with van der Waals surface area (Å²) in [4.78, 5) is 0. The van der Waals surface area contributed by atoms with Crippen LogP contribution in [-0.4, -0.2) is 28.9 Å². The van der Waals surface area contributed by atoms with Gasteiger partial charge in [0.25, 0.3) is 0 Å². The van der Waals surface area contributed by atoms with Gasteiger partial charge in [-0.3, -0.25) is 4.21 Å². The highest BCUT2D eigenvalue weighted by Gasteiger charge is 2.21. The highest BCUT2D eigenvalue weighted by Crippen LogP contribution is 2.31. The molecule has 3 atom stereocenters. The van der Waals surface area contributed by atoms with Gasteiger partial charge in [0.2, 0.25) is 0 Å². The van der Waals surface area contributed by atoms with E-state index < -0.39 is 10.8 Å². The molecule has 1 aromatic carbocycles. The van der Waals surface area contributed by atoms with Crippen molar-refractivity contribution in [2.24, 2.45) is 0 Å². The van der Waals surface area contributed by atoms with Crippen molar-refractivity contribution in [1.82, 2.24) is 5.32 Å². The van der Waals surface area contributed by atoms with Crippen molar-refractivity contribution in [3.8, 4) is 5.75 Å². The second kappa shape index (κ2) is 5.65. The number of para-hydroxylation sites is 1. The van der Waals surface area contributed by atoms with E-state index in [1.807, 2.05) is 25.1 Å². The Morgan fingerprint density at radius 2 is 2.29 bits per heavy atom. The Morgan fingerprint density at radius 1 is 1.53 bits per heavy atom. The monoisotopic (exact) mass is 253 g/mol. The largest absolute Gasteiger partial charge is 0.493 e. The molecule has 1 heterocycles. The number of ether oxygens (including phenoxy) is 1. The lowest BCUT2D eigenvalue weighted by Crippen LogP contribution is -2.33. The molecule has 94 valence electrons. The molecule has 0 spiro atoms. The van der Waals surface area contributed by atoms with Crippen molar-refractivity contribution in [2.45, 2.75) is 24.6 Å². The molecule has 1 aliphatic rings. The summed E-state index contributed by atoms with van der Waals surface area (Å²) in [5, 5.41) is 3.67.